The van der Waals surface area contributed by atoms with Crippen molar-refractivity contribution in [3.05, 3.63) is 5.82 Å². The summed E-state index contributed by atoms with van der Waals surface area (Å²) in [5.41, 5.74) is 5.37. The number of nitrogens with zero attached hydrogens (tertiary/aromatic N) is 5. The van der Waals surface area contributed by atoms with Crippen LogP contribution in [0.25, 0.3) is 11.6 Å². The van der Waals surface area contributed by atoms with Crippen molar-refractivity contribution < 1.29 is 13.2 Å². The Bertz CT molecular complexity index is 599. The molecule has 19 heavy (non-hydrogen) atoms. The number of nitrogens with two attached hydrogens (primary N) is 1. The lowest BCUT2D eigenvalue weighted by Gasteiger charge is -2.25. The number of aryl methyl sites for hydroxylation is 1. The minimum atomic E-state index is -4.22. The Hall–Kier alpha value is -2.13. The van der Waals surface area contributed by atoms with E-state index in [2.05, 4.69) is 25.4 Å². The van der Waals surface area contributed by atoms with Crippen LogP contribution in [0.15, 0.2) is 0 Å². The molecule has 0 aromatic carbocycles. The number of nitrogen functional groups attached to an aromatic ring is 1. The molecule has 2 aromatic rings. The van der Waals surface area contributed by atoms with Crippen molar-refractivity contribution in [2.45, 2.75) is 25.6 Å². The Balaban J connectivity index is 1.97. The highest BCUT2D eigenvalue weighted by Crippen LogP contribution is 2.35. The molecule has 1 unspecified atom stereocenters. The molecule has 0 radical (unpaired) electrons. The van der Waals surface area contributed by atoms with Gasteiger partial charge in [0.15, 0.2) is 5.82 Å². The van der Waals surface area contributed by atoms with Gasteiger partial charge in [0.25, 0.3) is 0 Å². The first kappa shape index (κ1) is 11.9. The average Bonchev–Trinajstić information content (AvgIpc) is 2.92. The summed E-state index contributed by atoms with van der Waals surface area (Å²) in [5, 5.41) is 13.9. The number of halogens is 3. The van der Waals surface area contributed by atoms with Gasteiger partial charge >= 0.3 is 6.18 Å². The monoisotopic (exact) mass is 273 g/mol. The molecule has 3 N–H and O–H groups in total. The Morgan fingerprint density at radius 1 is 1.32 bits per heavy atom. The third-order valence-electron chi connectivity index (χ3n) is 3.12. The number of alkyl halides is 3. The zero-order valence-corrected chi connectivity index (χ0v) is 9.65. The standard InChI is InChI=1S/C9H10F3N7/c10-9(11,12)4-1-2-5-15-17-7(19(5)3-4)6-14-8(13)18-16-6/h4H,1-3H2,(H3,13,14,16,18). The van der Waals surface area contributed by atoms with E-state index in [1.165, 1.54) is 4.57 Å². The molecule has 1 aliphatic heterocycles. The smallest absolute Gasteiger partial charge is 0.366 e. The molecule has 10 heteroatoms. The molecule has 0 fully saturated rings. The van der Waals surface area contributed by atoms with E-state index < -0.39 is 12.1 Å². The van der Waals surface area contributed by atoms with E-state index in [0.717, 1.165) is 0 Å². The number of nitrogens with one attached hydrogen (secondary N) is 1. The maximum absolute atomic E-state index is 12.8. The van der Waals surface area contributed by atoms with E-state index in [1.807, 2.05) is 0 Å². The summed E-state index contributed by atoms with van der Waals surface area (Å²) >= 11 is 0. The van der Waals surface area contributed by atoms with E-state index in [-0.39, 0.29) is 37.0 Å². The molecule has 3 rings (SSSR count). The molecular formula is C9H10F3N7. The predicted octanol–water partition coefficient (Wildman–Crippen LogP) is 0.770. The van der Waals surface area contributed by atoms with E-state index in [4.69, 9.17) is 5.73 Å². The van der Waals surface area contributed by atoms with E-state index in [1.54, 1.807) is 0 Å². The van der Waals surface area contributed by atoms with Crippen LogP contribution >= 0.6 is 0 Å². The number of aromatic amines is 1. The highest BCUT2D eigenvalue weighted by atomic mass is 19.4. The van der Waals surface area contributed by atoms with Crippen molar-refractivity contribution in [1.82, 2.24) is 29.9 Å². The molecule has 0 bridgehead atoms. The van der Waals surface area contributed by atoms with Crippen LogP contribution in [0, 0.1) is 5.92 Å². The summed E-state index contributed by atoms with van der Waals surface area (Å²) in [5.74, 6) is -0.414. The van der Waals surface area contributed by atoms with Gasteiger partial charge in [0, 0.05) is 13.0 Å². The SMILES string of the molecule is Nc1n[nH]c(-c2nnc3n2CC(C(F)(F)F)CC3)n1. The zero-order valence-electron chi connectivity index (χ0n) is 9.65. The molecule has 2 aromatic heterocycles. The number of fused-ring (bicyclic) bond motifs is 1. The molecule has 1 aliphatic rings. The van der Waals surface area contributed by atoms with Crippen molar-refractivity contribution in [3.63, 3.8) is 0 Å². The van der Waals surface area contributed by atoms with Crippen LogP contribution in [-0.4, -0.2) is 36.1 Å². The summed E-state index contributed by atoms with van der Waals surface area (Å²) in [7, 11) is 0. The van der Waals surface area contributed by atoms with Gasteiger partial charge in [-0.2, -0.15) is 18.2 Å². The van der Waals surface area contributed by atoms with Gasteiger partial charge in [-0.1, -0.05) is 0 Å². The van der Waals surface area contributed by atoms with Gasteiger partial charge in [0.1, 0.15) is 5.82 Å². The molecule has 1 atom stereocenters. The number of aromatic nitrogens is 6. The lowest BCUT2D eigenvalue weighted by atomic mass is 9.99. The van der Waals surface area contributed by atoms with Crippen LogP contribution in [0.3, 0.4) is 0 Å². The average molecular weight is 273 g/mol. The second kappa shape index (κ2) is 3.93. The van der Waals surface area contributed by atoms with Crippen LogP contribution in [0.5, 0.6) is 0 Å². The summed E-state index contributed by atoms with van der Waals surface area (Å²) in [6, 6.07) is 0. The lowest BCUT2D eigenvalue weighted by molar-refractivity contribution is -0.182. The Labute approximate surface area is 105 Å². The van der Waals surface area contributed by atoms with E-state index in [9.17, 15) is 13.2 Å². The second-order valence-corrected chi connectivity index (χ2v) is 4.37. The first-order valence-corrected chi connectivity index (χ1v) is 5.62. The maximum atomic E-state index is 12.8. The van der Waals surface area contributed by atoms with Gasteiger partial charge in [-0.15, -0.1) is 15.3 Å². The van der Waals surface area contributed by atoms with Crippen molar-refractivity contribution in [3.8, 4) is 11.6 Å². The molecule has 3 heterocycles. The van der Waals surface area contributed by atoms with Gasteiger partial charge in [0.05, 0.1) is 5.92 Å². The van der Waals surface area contributed by atoms with Crippen LogP contribution in [0.2, 0.25) is 0 Å². The number of hydrogen-bond donors (Lipinski definition) is 2. The van der Waals surface area contributed by atoms with Gasteiger partial charge in [-0.3, -0.25) is 5.10 Å². The van der Waals surface area contributed by atoms with Crippen LogP contribution in [0.1, 0.15) is 12.2 Å². The summed E-state index contributed by atoms with van der Waals surface area (Å²) in [6.07, 6.45) is -3.96. The molecular weight excluding hydrogens is 263 g/mol. The van der Waals surface area contributed by atoms with Crippen LogP contribution < -0.4 is 5.73 Å². The highest BCUT2D eigenvalue weighted by Gasteiger charge is 2.42. The van der Waals surface area contributed by atoms with Crippen molar-refractivity contribution >= 4 is 5.95 Å². The molecule has 0 aliphatic carbocycles. The molecule has 7 nitrogen and oxygen atoms in total. The first-order chi connectivity index (χ1) is 8.95. The fourth-order valence-corrected chi connectivity index (χ4v) is 2.14. The van der Waals surface area contributed by atoms with E-state index >= 15 is 0 Å². The fraction of sp³-hybridized carbons (Fsp3) is 0.556. The number of anilines is 1. The lowest BCUT2D eigenvalue weighted by Crippen LogP contribution is -2.32. The predicted molar refractivity (Wildman–Crippen MR) is 57.7 cm³/mol. The maximum Gasteiger partial charge on any atom is 0.393 e. The van der Waals surface area contributed by atoms with Crippen LogP contribution in [-0.2, 0) is 13.0 Å². The van der Waals surface area contributed by atoms with Gasteiger partial charge in [0.2, 0.25) is 11.8 Å². The minimum absolute atomic E-state index is 0.00975. The van der Waals surface area contributed by atoms with Crippen LogP contribution in [0.4, 0.5) is 19.1 Å². The third-order valence-corrected chi connectivity index (χ3v) is 3.12. The second-order valence-electron chi connectivity index (χ2n) is 4.37. The van der Waals surface area contributed by atoms with Crippen molar-refractivity contribution in [2.24, 2.45) is 5.92 Å². The molecule has 0 saturated carbocycles. The van der Waals surface area contributed by atoms with Gasteiger partial charge in [-0.25, -0.2) is 0 Å². The highest BCUT2D eigenvalue weighted by molar-refractivity contribution is 5.45. The Morgan fingerprint density at radius 2 is 2.11 bits per heavy atom. The Morgan fingerprint density at radius 3 is 2.74 bits per heavy atom. The third kappa shape index (κ3) is 2.02. The topological polar surface area (TPSA) is 98.3 Å². The molecule has 0 spiro atoms. The number of rotatable bonds is 1. The number of hydrogen-bond acceptors (Lipinski definition) is 5. The normalized spacial score (nSPS) is 19.4. The molecule has 0 amide bonds. The quantitative estimate of drug-likeness (QED) is 0.799. The zero-order chi connectivity index (χ0) is 13.6. The largest absolute Gasteiger partial charge is 0.393 e. The van der Waals surface area contributed by atoms with Gasteiger partial charge < -0.3 is 10.3 Å². The first-order valence-electron chi connectivity index (χ1n) is 5.62. The Kier molecular flexibility index (Phi) is 2.47. The van der Waals surface area contributed by atoms with Gasteiger partial charge in [-0.05, 0) is 6.42 Å². The molecule has 102 valence electrons. The molecule has 0 saturated heterocycles. The summed E-state index contributed by atoms with van der Waals surface area (Å²) in [4.78, 5) is 3.86. The fourth-order valence-electron chi connectivity index (χ4n) is 2.14. The van der Waals surface area contributed by atoms with Crippen molar-refractivity contribution in [2.75, 3.05) is 5.73 Å². The summed E-state index contributed by atoms with van der Waals surface area (Å²) in [6.45, 7) is -0.207. The minimum Gasteiger partial charge on any atom is -0.366 e. The number of H-pyrrole nitrogens is 1. The van der Waals surface area contributed by atoms with Crippen molar-refractivity contribution in [1.29, 1.82) is 0 Å². The van der Waals surface area contributed by atoms with E-state index in [0.29, 0.717) is 5.82 Å². The summed E-state index contributed by atoms with van der Waals surface area (Å²) < 4.78 is 39.7.